The zero-order valence-corrected chi connectivity index (χ0v) is 9.37. The third-order valence-corrected chi connectivity index (χ3v) is 2.99. The van der Waals surface area contributed by atoms with Crippen molar-refractivity contribution in [2.24, 2.45) is 0 Å². The van der Waals surface area contributed by atoms with E-state index in [9.17, 15) is 0 Å². The van der Waals surface area contributed by atoms with Crippen molar-refractivity contribution in [1.29, 1.82) is 0 Å². The Morgan fingerprint density at radius 1 is 1.47 bits per heavy atom. The summed E-state index contributed by atoms with van der Waals surface area (Å²) in [4.78, 5) is 8.50. The van der Waals surface area contributed by atoms with Gasteiger partial charge < -0.3 is 14.9 Å². The molecule has 17 heavy (non-hydrogen) atoms. The summed E-state index contributed by atoms with van der Waals surface area (Å²) in [7, 11) is 0. The zero-order valence-electron chi connectivity index (χ0n) is 9.37. The maximum Gasteiger partial charge on any atom is 0.134 e. The molecule has 2 heterocycles. The Hall–Kier alpha value is -2.22. The minimum atomic E-state index is 0.441. The lowest BCUT2D eigenvalue weighted by atomic mass is 10.3. The van der Waals surface area contributed by atoms with Gasteiger partial charge in [0.1, 0.15) is 11.5 Å². The highest BCUT2D eigenvalue weighted by atomic mass is 15.2. The van der Waals surface area contributed by atoms with E-state index >= 15 is 0 Å². The Morgan fingerprint density at radius 2 is 2.29 bits per heavy atom. The molecule has 2 aromatic rings. The van der Waals surface area contributed by atoms with E-state index in [1.165, 1.54) is 12.8 Å². The van der Waals surface area contributed by atoms with Crippen LogP contribution in [-0.4, -0.2) is 19.1 Å². The first-order chi connectivity index (χ1) is 8.31. The second-order valence-electron chi connectivity index (χ2n) is 4.23. The van der Waals surface area contributed by atoms with E-state index in [2.05, 4.69) is 20.5 Å². The van der Waals surface area contributed by atoms with E-state index in [0.29, 0.717) is 18.4 Å². The molecule has 5 nitrogen and oxygen atoms in total. The van der Waals surface area contributed by atoms with Crippen molar-refractivity contribution in [2.75, 3.05) is 5.73 Å². The van der Waals surface area contributed by atoms with Gasteiger partial charge in [0.15, 0.2) is 0 Å². The summed E-state index contributed by atoms with van der Waals surface area (Å²) in [5.74, 6) is 3.16. The first-order valence-electron chi connectivity index (χ1n) is 5.57. The third kappa shape index (κ3) is 1.58. The van der Waals surface area contributed by atoms with Crippen LogP contribution in [0.3, 0.4) is 0 Å². The van der Waals surface area contributed by atoms with Gasteiger partial charge in [0, 0.05) is 6.04 Å². The molecule has 0 amide bonds. The summed E-state index contributed by atoms with van der Waals surface area (Å²) in [5.41, 5.74) is 7.77. The monoisotopic (exact) mass is 227 g/mol. The molecule has 0 unspecified atom stereocenters. The molecule has 1 saturated carbocycles. The highest BCUT2D eigenvalue weighted by Crippen LogP contribution is 2.38. The number of nitrogen functional groups attached to an aromatic ring is 1. The fourth-order valence-corrected chi connectivity index (χ4v) is 1.95. The molecule has 0 atom stereocenters. The van der Waals surface area contributed by atoms with Gasteiger partial charge in [-0.3, -0.25) is 0 Å². The average Bonchev–Trinajstić information content (AvgIpc) is 2.96. The molecule has 3 rings (SSSR count). The fraction of sp³-hybridized carbons (Fsp3) is 0.333. The molecule has 1 fully saturated rings. The zero-order chi connectivity index (χ0) is 11.8. The van der Waals surface area contributed by atoms with E-state index in [1.807, 2.05) is 6.33 Å². The van der Waals surface area contributed by atoms with Gasteiger partial charge in [-0.2, -0.15) is 0 Å². The van der Waals surface area contributed by atoms with Gasteiger partial charge in [0.05, 0.1) is 31.1 Å². The predicted molar refractivity (Wildman–Crippen MR) is 65.0 cm³/mol. The first-order valence-corrected chi connectivity index (χ1v) is 5.57. The number of hydrogen-bond donors (Lipinski definition) is 1. The summed E-state index contributed by atoms with van der Waals surface area (Å²) < 4.78 is 3.90. The Labute approximate surface area is 99.3 Å². The molecule has 86 valence electrons. The second kappa shape index (κ2) is 3.67. The fourth-order valence-electron chi connectivity index (χ4n) is 1.95. The van der Waals surface area contributed by atoms with Crippen molar-refractivity contribution >= 4 is 5.82 Å². The average molecular weight is 227 g/mol. The van der Waals surface area contributed by atoms with Gasteiger partial charge in [0.25, 0.3) is 0 Å². The van der Waals surface area contributed by atoms with Gasteiger partial charge in [0.2, 0.25) is 0 Å². The van der Waals surface area contributed by atoms with Crippen LogP contribution < -0.4 is 5.73 Å². The molecular weight excluding hydrogens is 214 g/mol. The lowest BCUT2D eigenvalue weighted by Crippen LogP contribution is -2.02. The largest absolute Gasteiger partial charge is 0.383 e. The Bertz CT molecular complexity index is 582. The summed E-state index contributed by atoms with van der Waals surface area (Å²) in [5, 5.41) is 0. The SMILES string of the molecule is C#CCn1cnc(-c2cncn2C2CC2)c1N. The van der Waals surface area contributed by atoms with Crippen molar-refractivity contribution in [3.63, 3.8) is 0 Å². The van der Waals surface area contributed by atoms with E-state index in [-0.39, 0.29) is 0 Å². The Kier molecular flexibility index (Phi) is 2.15. The van der Waals surface area contributed by atoms with Gasteiger partial charge in [-0.1, -0.05) is 5.92 Å². The molecule has 2 aromatic heterocycles. The van der Waals surface area contributed by atoms with Crippen molar-refractivity contribution < 1.29 is 0 Å². The van der Waals surface area contributed by atoms with Crippen molar-refractivity contribution in [1.82, 2.24) is 19.1 Å². The second-order valence-corrected chi connectivity index (χ2v) is 4.23. The normalized spacial score (nSPS) is 14.8. The standard InChI is InChI=1S/C12H13N5/c1-2-5-16-8-15-11(12(16)13)10-6-14-7-17(10)9-3-4-9/h1,6-9H,3-5,13H2. The summed E-state index contributed by atoms with van der Waals surface area (Å²) in [6.45, 7) is 0.441. The highest BCUT2D eigenvalue weighted by Gasteiger charge is 2.27. The first kappa shape index (κ1) is 9.97. The van der Waals surface area contributed by atoms with E-state index in [4.69, 9.17) is 12.2 Å². The topological polar surface area (TPSA) is 61.7 Å². The van der Waals surface area contributed by atoms with E-state index < -0.39 is 0 Å². The van der Waals surface area contributed by atoms with Crippen molar-refractivity contribution in [3.05, 3.63) is 18.9 Å². The Balaban J connectivity index is 2.03. The molecule has 5 heteroatoms. The molecule has 0 radical (unpaired) electrons. The molecule has 2 N–H and O–H groups in total. The number of rotatable bonds is 3. The molecule has 1 aliphatic rings. The molecule has 0 bridgehead atoms. The van der Waals surface area contributed by atoms with Crippen LogP contribution in [0.4, 0.5) is 5.82 Å². The minimum Gasteiger partial charge on any atom is -0.383 e. The van der Waals surface area contributed by atoms with E-state index in [1.54, 1.807) is 17.1 Å². The van der Waals surface area contributed by atoms with Crippen LogP contribution in [0.25, 0.3) is 11.4 Å². The van der Waals surface area contributed by atoms with Crippen LogP contribution in [0.15, 0.2) is 18.9 Å². The summed E-state index contributed by atoms with van der Waals surface area (Å²) in [6, 6.07) is 0.560. The number of nitrogens with two attached hydrogens (primary N) is 1. The number of aromatic nitrogens is 4. The van der Waals surface area contributed by atoms with Crippen LogP contribution >= 0.6 is 0 Å². The van der Waals surface area contributed by atoms with Crippen molar-refractivity contribution in [3.8, 4) is 23.7 Å². The molecule has 0 aromatic carbocycles. The summed E-state index contributed by atoms with van der Waals surface area (Å²) in [6.07, 6.45) is 13.0. The number of anilines is 1. The lowest BCUT2D eigenvalue weighted by molar-refractivity contribution is 0.746. The quantitative estimate of drug-likeness (QED) is 0.804. The minimum absolute atomic E-state index is 0.441. The smallest absolute Gasteiger partial charge is 0.134 e. The molecule has 0 saturated heterocycles. The van der Waals surface area contributed by atoms with Crippen molar-refractivity contribution in [2.45, 2.75) is 25.4 Å². The maximum atomic E-state index is 6.03. The van der Waals surface area contributed by atoms with Gasteiger partial charge >= 0.3 is 0 Å². The van der Waals surface area contributed by atoms with Crippen LogP contribution in [0.5, 0.6) is 0 Å². The number of nitrogens with zero attached hydrogens (tertiary/aromatic N) is 4. The molecule has 1 aliphatic carbocycles. The van der Waals surface area contributed by atoms with Crippen LogP contribution in [-0.2, 0) is 6.54 Å². The summed E-state index contributed by atoms with van der Waals surface area (Å²) >= 11 is 0. The van der Waals surface area contributed by atoms with E-state index in [0.717, 1.165) is 11.4 Å². The predicted octanol–water partition coefficient (Wildman–Crippen LogP) is 1.30. The van der Waals surface area contributed by atoms with Crippen LogP contribution in [0.2, 0.25) is 0 Å². The lowest BCUT2D eigenvalue weighted by Gasteiger charge is -2.05. The molecule has 0 spiro atoms. The van der Waals surface area contributed by atoms with Gasteiger partial charge in [-0.15, -0.1) is 6.42 Å². The maximum absolute atomic E-state index is 6.03. The van der Waals surface area contributed by atoms with Crippen LogP contribution in [0.1, 0.15) is 18.9 Å². The van der Waals surface area contributed by atoms with Gasteiger partial charge in [-0.25, -0.2) is 9.97 Å². The third-order valence-electron chi connectivity index (χ3n) is 2.99. The van der Waals surface area contributed by atoms with Gasteiger partial charge in [-0.05, 0) is 12.8 Å². The number of hydrogen-bond acceptors (Lipinski definition) is 3. The molecular formula is C12H13N5. The number of imidazole rings is 2. The highest BCUT2D eigenvalue weighted by molar-refractivity contribution is 5.67. The number of terminal acetylenes is 1. The Morgan fingerprint density at radius 3 is 3.00 bits per heavy atom. The van der Waals surface area contributed by atoms with Crippen LogP contribution in [0, 0.1) is 12.3 Å². The molecule has 0 aliphatic heterocycles.